The maximum Gasteiger partial charge on any atom is 0.700 e. The Labute approximate surface area is 336 Å². The molecule has 6 aromatic rings. The molecule has 54 heavy (non-hydrogen) atoms. The topological polar surface area (TPSA) is 55.4 Å². The molecule has 0 heterocycles. The first kappa shape index (κ1) is 39.6. The number of para-hydroxylation sites is 4. The van der Waals surface area contributed by atoms with Crippen LogP contribution in [-0.2, 0) is 0 Å². The Kier molecular flexibility index (Phi) is 15.1. The molecular formula is C42H42O6S4Si2. The summed E-state index contributed by atoms with van der Waals surface area (Å²) in [5.41, 5.74) is 2.31. The van der Waals surface area contributed by atoms with Crippen molar-refractivity contribution in [2.24, 2.45) is 0 Å². The fourth-order valence-electron chi connectivity index (χ4n) is 5.12. The van der Waals surface area contributed by atoms with Crippen LogP contribution >= 0.6 is 41.2 Å². The van der Waals surface area contributed by atoms with Crippen LogP contribution in [0.5, 0.6) is 34.5 Å². The summed E-state index contributed by atoms with van der Waals surface area (Å²) >= 11 is 0. The number of hydrogen-bond donors (Lipinski definition) is 0. The van der Waals surface area contributed by atoms with Crippen LogP contribution in [0.4, 0.5) is 0 Å². The van der Waals surface area contributed by atoms with E-state index in [0.29, 0.717) is 35.1 Å². The minimum absolute atomic E-state index is 0.587. The molecule has 0 aromatic heterocycles. The fraction of sp³-hybridized carbons (Fsp3) is 0.143. The summed E-state index contributed by atoms with van der Waals surface area (Å²) in [4.78, 5) is 0. The molecule has 0 saturated heterocycles. The molecule has 12 heteroatoms. The average molecular weight is 827 g/mol. The van der Waals surface area contributed by atoms with Crippen LogP contribution in [0.15, 0.2) is 170 Å². The van der Waals surface area contributed by atoms with Crippen LogP contribution in [0.3, 0.4) is 0 Å². The number of benzene rings is 6. The van der Waals surface area contributed by atoms with Gasteiger partial charge in [0.1, 0.15) is 34.5 Å². The van der Waals surface area contributed by atoms with Gasteiger partial charge in [0.2, 0.25) is 0 Å². The van der Waals surface area contributed by atoms with Gasteiger partial charge in [-0.3, -0.25) is 0 Å². The quantitative estimate of drug-likeness (QED) is 0.0398. The molecule has 0 fully saturated rings. The second kappa shape index (κ2) is 20.6. The zero-order valence-electron chi connectivity index (χ0n) is 30.1. The average Bonchev–Trinajstić information content (AvgIpc) is 3.19. The van der Waals surface area contributed by atoms with E-state index in [1.807, 2.05) is 170 Å². The molecule has 0 aliphatic heterocycles. The molecule has 0 atom stereocenters. The molecule has 0 amide bonds. The van der Waals surface area contributed by atoms with E-state index in [1.54, 1.807) is 41.2 Å². The Hall–Kier alpha value is -4.05. The molecule has 0 N–H and O–H groups in total. The van der Waals surface area contributed by atoms with Crippen LogP contribution in [0.25, 0.3) is 0 Å². The molecule has 6 aromatic carbocycles. The standard InChI is InChI=1S/C42H42O6S4Si2/c1-35-23-27-41(28-24-35)47-53(43-37-15-7-3-8-16-37,44-38-17-9-4-10-18-38)33-31-49-51-52-50-32-34-54(45-39-19-11-5-12-20-39,46-40-21-13-6-14-22-40)48-42-29-25-36(2)26-30-42/h3-30H,31-34H2,1-2H3. The summed E-state index contributed by atoms with van der Waals surface area (Å²) in [5, 5.41) is 0. The molecule has 0 bridgehead atoms. The Morgan fingerprint density at radius 2 is 0.574 bits per heavy atom. The Balaban J connectivity index is 1.11. The highest BCUT2D eigenvalue weighted by molar-refractivity contribution is 9.26. The van der Waals surface area contributed by atoms with E-state index in [0.717, 1.165) is 34.1 Å². The fourth-order valence-corrected chi connectivity index (χ4v) is 18.0. The van der Waals surface area contributed by atoms with Gasteiger partial charge < -0.3 is 26.6 Å². The SMILES string of the molecule is Cc1ccc(O[Si](CCSSSSCC[Si](Oc2ccccc2)(Oc2ccccc2)Oc2ccc(C)cc2)(Oc2ccccc2)Oc2ccccc2)cc1. The first-order chi connectivity index (χ1) is 26.5. The van der Waals surface area contributed by atoms with Crippen molar-refractivity contribution in [3.05, 3.63) is 181 Å². The summed E-state index contributed by atoms with van der Waals surface area (Å²) in [6.45, 7) is 4.12. The van der Waals surface area contributed by atoms with Crippen LogP contribution in [0.2, 0.25) is 12.1 Å². The molecule has 6 rings (SSSR count). The smallest absolute Gasteiger partial charge is 0.483 e. The third-order valence-corrected chi connectivity index (χ3v) is 20.0. The number of hydrogen-bond acceptors (Lipinski definition) is 10. The van der Waals surface area contributed by atoms with E-state index >= 15 is 0 Å². The molecular weight excluding hydrogens is 785 g/mol. The third kappa shape index (κ3) is 12.8. The van der Waals surface area contributed by atoms with Crippen molar-refractivity contribution in [2.45, 2.75) is 25.9 Å². The van der Waals surface area contributed by atoms with Crippen molar-refractivity contribution in [1.82, 2.24) is 0 Å². The highest BCUT2D eigenvalue weighted by Gasteiger charge is 2.50. The normalized spacial score (nSPS) is 11.4. The van der Waals surface area contributed by atoms with Gasteiger partial charge in [0.05, 0.1) is 12.1 Å². The largest absolute Gasteiger partial charge is 0.700 e. The van der Waals surface area contributed by atoms with Gasteiger partial charge in [-0.05, 0) is 106 Å². The molecule has 278 valence electrons. The monoisotopic (exact) mass is 826 g/mol. The van der Waals surface area contributed by atoms with Gasteiger partial charge in [0.15, 0.2) is 0 Å². The summed E-state index contributed by atoms with van der Waals surface area (Å²) in [5.74, 6) is 5.79. The van der Waals surface area contributed by atoms with Crippen molar-refractivity contribution >= 4 is 58.8 Å². The van der Waals surface area contributed by atoms with Crippen molar-refractivity contribution < 1.29 is 26.6 Å². The van der Waals surface area contributed by atoms with Crippen molar-refractivity contribution in [3.63, 3.8) is 0 Å². The lowest BCUT2D eigenvalue weighted by molar-refractivity contribution is 0.262. The van der Waals surface area contributed by atoms with Crippen LogP contribution < -0.4 is 26.6 Å². The van der Waals surface area contributed by atoms with E-state index in [9.17, 15) is 0 Å². The third-order valence-electron chi connectivity index (χ3n) is 7.76. The molecule has 0 radical (unpaired) electrons. The lowest BCUT2D eigenvalue weighted by atomic mass is 10.2. The van der Waals surface area contributed by atoms with Gasteiger partial charge in [0, 0.05) is 11.5 Å². The van der Waals surface area contributed by atoms with Gasteiger partial charge in [-0.25, -0.2) is 0 Å². The molecule has 0 aliphatic carbocycles. The Bertz CT molecular complexity index is 1720. The second-order valence-electron chi connectivity index (χ2n) is 12.1. The van der Waals surface area contributed by atoms with Crippen molar-refractivity contribution in [1.29, 1.82) is 0 Å². The summed E-state index contributed by atoms with van der Waals surface area (Å²) in [7, 11) is 0.262. The van der Waals surface area contributed by atoms with Crippen LogP contribution in [-0.4, -0.2) is 29.1 Å². The van der Waals surface area contributed by atoms with Gasteiger partial charge in [-0.1, -0.05) is 130 Å². The first-order valence-corrected chi connectivity index (χ1v) is 26.5. The van der Waals surface area contributed by atoms with Crippen molar-refractivity contribution in [2.75, 3.05) is 11.5 Å². The predicted octanol–water partition coefficient (Wildman–Crippen LogP) is 12.6. The summed E-state index contributed by atoms with van der Waals surface area (Å²) < 4.78 is 40.2. The Morgan fingerprint density at radius 1 is 0.333 bits per heavy atom. The van der Waals surface area contributed by atoms with E-state index in [2.05, 4.69) is 13.8 Å². The van der Waals surface area contributed by atoms with E-state index in [1.165, 1.54) is 0 Å². The maximum atomic E-state index is 6.72. The zero-order chi connectivity index (χ0) is 37.3. The van der Waals surface area contributed by atoms with Crippen LogP contribution in [0, 0.1) is 13.8 Å². The highest BCUT2D eigenvalue weighted by Crippen LogP contribution is 2.45. The zero-order valence-corrected chi connectivity index (χ0v) is 35.3. The Morgan fingerprint density at radius 3 is 0.833 bits per heavy atom. The predicted molar refractivity (Wildman–Crippen MR) is 233 cm³/mol. The lowest BCUT2D eigenvalue weighted by Gasteiger charge is -2.30. The van der Waals surface area contributed by atoms with Gasteiger partial charge >= 0.3 is 17.6 Å². The minimum Gasteiger partial charge on any atom is -0.483 e. The molecule has 6 nitrogen and oxygen atoms in total. The second-order valence-corrected chi connectivity index (χ2v) is 23.3. The highest BCUT2D eigenvalue weighted by atomic mass is 33.7. The molecule has 0 saturated carbocycles. The van der Waals surface area contributed by atoms with Gasteiger partial charge in [-0.2, -0.15) is 0 Å². The van der Waals surface area contributed by atoms with E-state index in [4.69, 9.17) is 26.6 Å². The lowest BCUT2D eigenvalue weighted by Crippen LogP contribution is -2.55. The maximum absolute atomic E-state index is 6.72. The first-order valence-electron chi connectivity index (χ1n) is 17.5. The number of rotatable bonds is 21. The van der Waals surface area contributed by atoms with E-state index in [-0.39, 0.29) is 0 Å². The summed E-state index contributed by atoms with van der Waals surface area (Å²) in [6, 6.07) is 56.3. The van der Waals surface area contributed by atoms with Gasteiger partial charge in [-0.15, -0.1) is 0 Å². The molecule has 0 spiro atoms. The van der Waals surface area contributed by atoms with E-state index < -0.39 is 17.6 Å². The minimum atomic E-state index is -3.35. The molecule has 0 aliphatic rings. The van der Waals surface area contributed by atoms with Gasteiger partial charge in [0.25, 0.3) is 0 Å². The number of aryl methyl sites for hydroxylation is 2. The summed E-state index contributed by atoms with van der Waals surface area (Å²) in [6.07, 6.45) is 0. The van der Waals surface area contributed by atoms with Crippen molar-refractivity contribution in [3.8, 4) is 34.5 Å². The van der Waals surface area contributed by atoms with Crippen LogP contribution in [0.1, 0.15) is 11.1 Å². The molecule has 0 unspecified atom stereocenters.